The number of anilines is 2. The maximum absolute atomic E-state index is 13.9. The van der Waals surface area contributed by atoms with E-state index in [-0.39, 0.29) is 55.4 Å². The molecule has 2 fully saturated rings. The number of nitrogens with zero attached hydrogens (tertiary/aromatic N) is 4. The Morgan fingerprint density at radius 2 is 1.69 bits per heavy atom. The van der Waals surface area contributed by atoms with E-state index >= 15 is 0 Å². The number of nitrogen functional groups attached to an aromatic ring is 1. The van der Waals surface area contributed by atoms with Crippen LogP contribution in [0.25, 0.3) is 5.69 Å². The van der Waals surface area contributed by atoms with Crippen LogP contribution in [0, 0.1) is 17.0 Å². The van der Waals surface area contributed by atoms with Gasteiger partial charge in [0.1, 0.15) is 17.3 Å². The monoisotopic (exact) mass is 561 g/mol. The molecule has 2 aromatic carbocycles. The Bertz CT molecular complexity index is 1500. The highest BCUT2D eigenvalue weighted by Gasteiger charge is 2.36. The molecule has 1 aromatic heterocycles. The summed E-state index contributed by atoms with van der Waals surface area (Å²) in [5, 5.41) is 4.16. The van der Waals surface area contributed by atoms with Gasteiger partial charge in [-0.3, -0.25) is 4.79 Å². The first-order chi connectivity index (χ1) is 18.5. The van der Waals surface area contributed by atoms with Crippen LogP contribution in [0.2, 0.25) is 0 Å². The first-order valence-corrected chi connectivity index (χ1v) is 14.0. The van der Waals surface area contributed by atoms with Crippen molar-refractivity contribution in [1.82, 2.24) is 14.1 Å². The number of aromatic nitrogens is 2. The van der Waals surface area contributed by atoms with Crippen LogP contribution in [0.4, 0.5) is 20.2 Å². The number of halogens is 2. The van der Waals surface area contributed by atoms with Crippen LogP contribution in [0.15, 0.2) is 53.5 Å². The second-order valence-corrected chi connectivity index (χ2v) is 12.1. The summed E-state index contributed by atoms with van der Waals surface area (Å²) in [5.74, 6) is -1.87. The van der Waals surface area contributed by atoms with Gasteiger partial charge in [0.15, 0.2) is 0 Å². The number of piperazine rings is 1. The van der Waals surface area contributed by atoms with Gasteiger partial charge in [-0.25, -0.2) is 17.2 Å². The predicted molar refractivity (Wildman–Crippen MR) is 141 cm³/mol. The molecular formula is C26H29F2N5O5S. The number of ether oxygens (including phenoxy) is 2. The van der Waals surface area contributed by atoms with E-state index in [2.05, 4.69) is 5.10 Å². The molecule has 2 aliphatic rings. The van der Waals surface area contributed by atoms with Crippen LogP contribution in [-0.2, 0) is 20.5 Å². The summed E-state index contributed by atoms with van der Waals surface area (Å²) >= 11 is 0. The molecule has 0 radical (unpaired) electrons. The highest BCUT2D eigenvalue weighted by Crippen LogP contribution is 2.31. The lowest BCUT2D eigenvalue weighted by Crippen LogP contribution is -2.49. The Kier molecular flexibility index (Phi) is 7.31. The van der Waals surface area contributed by atoms with Crippen molar-refractivity contribution in [2.24, 2.45) is 5.41 Å². The van der Waals surface area contributed by atoms with Crippen molar-refractivity contribution in [1.29, 1.82) is 0 Å². The van der Waals surface area contributed by atoms with Crippen LogP contribution < -0.4 is 20.9 Å². The van der Waals surface area contributed by atoms with Gasteiger partial charge < -0.3 is 20.1 Å². The first-order valence-electron chi connectivity index (χ1n) is 12.4. The van der Waals surface area contributed by atoms with Gasteiger partial charge in [0.25, 0.3) is 0 Å². The van der Waals surface area contributed by atoms with Crippen LogP contribution in [0.5, 0.6) is 5.75 Å². The van der Waals surface area contributed by atoms with Gasteiger partial charge in [-0.1, -0.05) is 19.1 Å². The molecule has 0 aliphatic carbocycles. The molecule has 0 saturated carbocycles. The van der Waals surface area contributed by atoms with E-state index < -0.39 is 27.2 Å². The van der Waals surface area contributed by atoms with Crippen LogP contribution in [-0.4, -0.2) is 68.5 Å². The van der Waals surface area contributed by atoms with Crippen molar-refractivity contribution in [3.8, 4) is 11.4 Å². The van der Waals surface area contributed by atoms with Crippen LogP contribution in [0.1, 0.15) is 12.5 Å². The lowest BCUT2D eigenvalue weighted by Gasteiger charge is -2.38. The fraction of sp³-hybridized carbons (Fsp3) is 0.385. The summed E-state index contributed by atoms with van der Waals surface area (Å²) in [6.07, 6.45) is 1.40. The van der Waals surface area contributed by atoms with Crippen molar-refractivity contribution in [3.63, 3.8) is 0 Å². The standard InChI is InChI=1S/C26H29F2N5O5S/c1-26(15-37-16-26)17-38-24-23(13-30-33(25(24)34)22-11-19(27)10-20(28)12-22)31-6-8-32(9-7-31)39(35,36)14-18-2-4-21(29)5-3-18/h2-5,10-13H,6-9,14-17,29H2,1H3. The van der Waals surface area contributed by atoms with E-state index in [0.717, 1.165) is 16.8 Å². The lowest BCUT2D eigenvalue weighted by molar-refractivity contribution is -0.120. The maximum atomic E-state index is 13.9. The molecule has 2 aliphatic heterocycles. The third kappa shape index (κ3) is 5.89. The number of hydrogen-bond donors (Lipinski definition) is 1. The summed E-state index contributed by atoms with van der Waals surface area (Å²) in [4.78, 5) is 15.3. The topological polar surface area (TPSA) is 120 Å². The van der Waals surface area contributed by atoms with E-state index in [0.29, 0.717) is 36.2 Å². The molecule has 3 aromatic rings. The van der Waals surface area contributed by atoms with Gasteiger partial charge >= 0.3 is 5.56 Å². The van der Waals surface area contributed by atoms with Crippen molar-refractivity contribution >= 4 is 21.4 Å². The Hall–Kier alpha value is -3.55. The van der Waals surface area contributed by atoms with Gasteiger partial charge in [0.2, 0.25) is 15.8 Å². The van der Waals surface area contributed by atoms with Gasteiger partial charge in [-0.05, 0) is 29.8 Å². The van der Waals surface area contributed by atoms with Crippen LogP contribution >= 0.6 is 0 Å². The summed E-state index contributed by atoms with van der Waals surface area (Å²) in [6.45, 7) is 4.06. The number of hydrogen-bond acceptors (Lipinski definition) is 8. The number of nitrogens with two attached hydrogens (primary N) is 1. The molecule has 0 amide bonds. The largest absolute Gasteiger partial charge is 0.485 e. The quantitative estimate of drug-likeness (QED) is 0.416. The van der Waals surface area contributed by atoms with E-state index in [9.17, 15) is 22.0 Å². The molecule has 0 atom stereocenters. The fourth-order valence-electron chi connectivity index (χ4n) is 4.54. The molecule has 2 N–H and O–H groups in total. The highest BCUT2D eigenvalue weighted by molar-refractivity contribution is 7.88. The van der Waals surface area contributed by atoms with E-state index in [1.807, 2.05) is 11.8 Å². The fourth-order valence-corrected chi connectivity index (χ4v) is 6.05. The molecule has 3 heterocycles. The molecule has 0 spiro atoms. The summed E-state index contributed by atoms with van der Waals surface area (Å²) in [7, 11) is -3.58. The first kappa shape index (κ1) is 27.0. The summed E-state index contributed by atoms with van der Waals surface area (Å²) in [5.41, 5.74) is 6.23. The third-order valence-electron chi connectivity index (χ3n) is 6.77. The highest BCUT2D eigenvalue weighted by atomic mass is 32.2. The number of rotatable bonds is 8. The predicted octanol–water partition coefficient (Wildman–Crippen LogP) is 2.16. The molecular weight excluding hydrogens is 532 g/mol. The molecule has 13 heteroatoms. The zero-order valence-corrected chi connectivity index (χ0v) is 22.2. The Morgan fingerprint density at radius 1 is 1.05 bits per heavy atom. The molecule has 0 bridgehead atoms. The van der Waals surface area contributed by atoms with E-state index in [4.69, 9.17) is 15.2 Å². The van der Waals surface area contributed by atoms with Crippen molar-refractivity contribution < 1.29 is 26.7 Å². The van der Waals surface area contributed by atoms with Crippen LogP contribution in [0.3, 0.4) is 0 Å². The zero-order chi connectivity index (χ0) is 27.8. The second-order valence-electron chi connectivity index (χ2n) is 10.2. The minimum absolute atomic E-state index is 0.0269. The summed E-state index contributed by atoms with van der Waals surface area (Å²) in [6, 6.07) is 9.41. The molecule has 10 nitrogen and oxygen atoms in total. The van der Waals surface area contributed by atoms with Gasteiger partial charge in [-0.2, -0.15) is 14.1 Å². The molecule has 0 unspecified atom stereocenters. The molecule has 2 saturated heterocycles. The second kappa shape index (κ2) is 10.5. The molecule has 208 valence electrons. The van der Waals surface area contributed by atoms with Gasteiger partial charge in [0, 0.05) is 43.3 Å². The van der Waals surface area contributed by atoms with Gasteiger partial charge in [0.05, 0.1) is 37.5 Å². The van der Waals surface area contributed by atoms with E-state index in [1.165, 1.54) is 10.5 Å². The summed E-state index contributed by atoms with van der Waals surface area (Å²) < 4.78 is 67.4. The minimum atomic E-state index is -3.58. The lowest BCUT2D eigenvalue weighted by atomic mass is 9.90. The smallest absolute Gasteiger partial charge is 0.316 e. The third-order valence-corrected chi connectivity index (χ3v) is 8.62. The van der Waals surface area contributed by atoms with Crippen molar-refractivity contribution in [2.45, 2.75) is 12.7 Å². The Balaban J connectivity index is 1.38. The maximum Gasteiger partial charge on any atom is 0.316 e. The zero-order valence-electron chi connectivity index (χ0n) is 21.3. The Morgan fingerprint density at radius 3 is 2.28 bits per heavy atom. The van der Waals surface area contributed by atoms with Crippen molar-refractivity contribution in [3.05, 3.63) is 76.2 Å². The SMILES string of the molecule is CC1(COc2c(N3CCN(S(=O)(=O)Cc4ccc(N)cc4)CC3)cnn(-c3cc(F)cc(F)c3)c2=O)COC1. The normalized spacial score (nSPS) is 17.6. The van der Waals surface area contributed by atoms with E-state index in [1.54, 1.807) is 24.3 Å². The Labute approximate surface area is 224 Å². The number of sulfonamides is 1. The number of benzene rings is 2. The average molecular weight is 562 g/mol. The molecule has 39 heavy (non-hydrogen) atoms. The minimum Gasteiger partial charge on any atom is -0.485 e. The van der Waals surface area contributed by atoms with Gasteiger partial charge in [-0.15, -0.1) is 0 Å². The average Bonchev–Trinajstić information content (AvgIpc) is 2.87. The van der Waals surface area contributed by atoms with Crippen molar-refractivity contribution in [2.75, 3.05) is 56.6 Å². The molecule has 5 rings (SSSR count).